The molecule has 3 rings (SSSR count). The Kier molecular flexibility index (Phi) is 3.93. The van der Waals surface area contributed by atoms with Crippen LogP contribution in [0, 0.1) is 0 Å². The molecule has 1 heterocycles. The number of para-hydroxylation sites is 1. The second kappa shape index (κ2) is 6.03. The molecule has 0 spiro atoms. The number of ether oxygens (including phenoxy) is 1. The molecular formula is C16H10BrNO4. The van der Waals surface area contributed by atoms with Crippen molar-refractivity contribution >= 4 is 38.7 Å². The van der Waals surface area contributed by atoms with Gasteiger partial charge in [0, 0.05) is 15.5 Å². The molecule has 0 aliphatic rings. The van der Waals surface area contributed by atoms with Crippen LogP contribution in [0.15, 0.2) is 68.3 Å². The molecule has 2 aromatic carbocycles. The molecule has 0 fully saturated rings. The van der Waals surface area contributed by atoms with Gasteiger partial charge >= 0.3 is 11.7 Å². The van der Waals surface area contributed by atoms with E-state index in [1.165, 1.54) is 6.07 Å². The predicted octanol–water partition coefficient (Wildman–Crippen LogP) is 4.17. The first-order valence-electron chi connectivity index (χ1n) is 6.39. The van der Waals surface area contributed by atoms with E-state index in [2.05, 4.69) is 21.2 Å². The smallest absolute Gasteiger partial charge is 0.417 e. The molecule has 0 atom stereocenters. The molecule has 0 saturated heterocycles. The van der Waals surface area contributed by atoms with Gasteiger partial charge in [0.2, 0.25) is 5.75 Å². The van der Waals surface area contributed by atoms with Gasteiger partial charge < -0.3 is 9.15 Å². The van der Waals surface area contributed by atoms with E-state index in [1.54, 1.807) is 48.5 Å². The van der Waals surface area contributed by atoms with Crippen molar-refractivity contribution in [3.05, 3.63) is 69.5 Å². The van der Waals surface area contributed by atoms with Crippen molar-refractivity contribution in [3.63, 3.8) is 0 Å². The quantitative estimate of drug-likeness (QED) is 0.697. The summed E-state index contributed by atoms with van der Waals surface area (Å²) in [6.45, 7) is 0. The Morgan fingerprint density at radius 2 is 1.82 bits per heavy atom. The third kappa shape index (κ3) is 3.17. The number of fused-ring (bicyclic) bond motifs is 1. The zero-order valence-electron chi connectivity index (χ0n) is 11.2. The maximum absolute atomic E-state index is 11.8. The summed E-state index contributed by atoms with van der Waals surface area (Å²) in [5, 5.41) is 3.20. The summed E-state index contributed by atoms with van der Waals surface area (Å²) in [6.07, 6.45) is -0.759. The predicted molar refractivity (Wildman–Crippen MR) is 86.3 cm³/mol. The molecule has 0 saturated carbocycles. The van der Waals surface area contributed by atoms with E-state index in [1.807, 2.05) is 0 Å². The number of hydrogen-bond donors (Lipinski definition) is 1. The number of rotatable bonds is 2. The Labute approximate surface area is 133 Å². The van der Waals surface area contributed by atoms with Gasteiger partial charge in [-0.05, 0) is 36.4 Å². The van der Waals surface area contributed by atoms with E-state index < -0.39 is 11.7 Å². The Hall–Kier alpha value is -2.60. The molecule has 1 aromatic heterocycles. The number of benzene rings is 2. The van der Waals surface area contributed by atoms with Crippen LogP contribution in [0.3, 0.4) is 0 Å². The lowest BCUT2D eigenvalue weighted by atomic mass is 10.2. The summed E-state index contributed by atoms with van der Waals surface area (Å²) in [5.41, 5.74) is 0.288. The highest BCUT2D eigenvalue weighted by atomic mass is 79.9. The van der Waals surface area contributed by atoms with Gasteiger partial charge in [0.25, 0.3) is 0 Å². The van der Waals surface area contributed by atoms with E-state index >= 15 is 0 Å². The fraction of sp³-hybridized carbons (Fsp3) is 0. The van der Waals surface area contributed by atoms with Crippen molar-refractivity contribution in [3.8, 4) is 5.75 Å². The number of hydrogen-bond acceptors (Lipinski definition) is 4. The molecule has 22 heavy (non-hydrogen) atoms. The molecule has 1 amide bonds. The van der Waals surface area contributed by atoms with Crippen molar-refractivity contribution < 1.29 is 13.9 Å². The molecule has 6 heteroatoms. The monoisotopic (exact) mass is 359 g/mol. The highest BCUT2D eigenvalue weighted by Gasteiger charge is 2.11. The average Bonchev–Trinajstić information content (AvgIpc) is 2.50. The second-order valence-corrected chi connectivity index (χ2v) is 5.37. The van der Waals surface area contributed by atoms with Crippen molar-refractivity contribution in [1.82, 2.24) is 0 Å². The van der Waals surface area contributed by atoms with Crippen LogP contribution >= 0.6 is 15.9 Å². The van der Waals surface area contributed by atoms with Crippen LogP contribution in [0.2, 0.25) is 0 Å². The third-order valence-electron chi connectivity index (χ3n) is 2.90. The summed E-state index contributed by atoms with van der Waals surface area (Å²) >= 11 is 3.30. The van der Waals surface area contributed by atoms with Gasteiger partial charge in [-0.25, -0.2) is 9.59 Å². The molecular weight excluding hydrogens is 350 g/mol. The molecule has 3 aromatic rings. The highest BCUT2D eigenvalue weighted by molar-refractivity contribution is 9.10. The summed E-state index contributed by atoms with van der Waals surface area (Å²) in [7, 11) is 0. The van der Waals surface area contributed by atoms with E-state index in [4.69, 9.17) is 9.15 Å². The van der Waals surface area contributed by atoms with Crippen molar-refractivity contribution in [2.24, 2.45) is 0 Å². The van der Waals surface area contributed by atoms with Crippen LogP contribution in [0.25, 0.3) is 11.0 Å². The molecule has 0 bridgehead atoms. The third-order valence-corrected chi connectivity index (χ3v) is 3.43. The van der Waals surface area contributed by atoms with Crippen LogP contribution in [-0.2, 0) is 0 Å². The van der Waals surface area contributed by atoms with Crippen molar-refractivity contribution in [2.45, 2.75) is 0 Å². The first-order valence-corrected chi connectivity index (χ1v) is 7.18. The Bertz CT molecular complexity index is 887. The molecule has 0 aliphatic heterocycles. The van der Waals surface area contributed by atoms with Crippen LogP contribution < -0.4 is 15.7 Å². The summed E-state index contributed by atoms with van der Waals surface area (Å²) in [5.74, 6) is -0.159. The SMILES string of the molecule is O=C(Nc1ccc(Br)cc1)Oc1cc2ccccc2oc1=O. The maximum atomic E-state index is 11.8. The van der Waals surface area contributed by atoms with Crippen LogP contribution in [0.1, 0.15) is 0 Å². The normalized spacial score (nSPS) is 10.4. The molecule has 0 unspecified atom stereocenters. The van der Waals surface area contributed by atoms with E-state index in [0.717, 1.165) is 4.47 Å². The fourth-order valence-electron chi connectivity index (χ4n) is 1.89. The highest BCUT2D eigenvalue weighted by Crippen LogP contribution is 2.18. The standard InChI is InChI=1S/C16H10BrNO4/c17-11-5-7-12(8-6-11)18-16(20)22-14-9-10-3-1-2-4-13(10)21-15(14)19/h1-9H,(H,18,20). The lowest BCUT2D eigenvalue weighted by molar-refractivity contribution is 0.213. The van der Waals surface area contributed by atoms with E-state index in [9.17, 15) is 9.59 Å². The van der Waals surface area contributed by atoms with Crippen LogP contribution in [0.4, 0.5) is 10.5 Å². The van der Waals surface area contributed by atoms with E-state index in [0.29, 0.717) is 16.7 Å². The minimum absolute atomic E-state index is 0.159. The lowest BCUT2D eigenvalue weighted by Crippen LogP contribution is -2.20. The number of anilines is 1. The van der Waals surface area contributed by atoms with Gasteiger partial charge in [0.15, 0.2) is 0 Å². The average molecular weight is 360 g/mol. The van der Waals surface area contributed by atoms with Gasteiger partial charge in [-0.3, -0.25) is 5.32 Å². The van der Waals surface area contributed by atoms with Gasteiger partial charge in [0.1, 0.15) is 5.58 Å². The first-order chi connectivity index (χ1) is 10.6. The minimum Gasteiger partial charge on any atom is -0.420 e. The second-order valence-electron chi connectivity index (χ2n) is 4.46. The number of carbonyl (C=O) groups is 1. The number of carbonyl (C=O) groups excluding carboxylic acids is 1. The summed E-state index contributed by atoms with van der Waals surface area (Å²) < 4.78 is 11.0. The van der Waals surface area contributed by atoms with Crippen molar-refractivity contribution in [1.29, 1.82) is 0 Å². The zero-order chi connectivity index (χ0) is 15.5. The van der Waals surface area contributed by atoms with Gasteiger partial charge in [-0.1, -0.05) is 34.1 Å². The molecule has 5 nitrogen and oxygen atoms in total. The zero-order valence-corrected chi connectivity index (χ0v) is 12.8. The minimum atomic E-state index is -0.759. The van der Waals surface area contributed by atoms with Crippen LogP contribution in [-0.4, -0.2) is 6.09 Å². The largest absolute Gasteiger partial charge is 0.420 e. The molecule has 1 N–H and O–H groups in total. The molecule has 0 radical (unpaired) electrons. The van der Waals surface area contributed by atoms with Gasteiger partial charge in [-0.15, -0.1) is 0 Å². The number of halogens is 1. The van der Waals surface area contributed by atoms with Gasteiger partial charge in [-0.2, -0.15) is 0 Å². The Morgan fingerprint density at radius 1 is 1.09 bits per heavy atom. The number of nitrogens with one attached hydrogen (secondary N) is 1. The fourth-order valence-corrected chi connectivity index (χ4v) is 2.15. The van der Waals surface area contributed by atoms with Gasteiger partial charge in [0.05, 0.1) is 0 Å². The van der Waals surface area contributed by atoms with Crippen molar-refractivity contribution in [2.75, 3.05) is 5.32 Å². The first kappa shape index (κ1) is 14.3. The Balaban J connectivity index is 1.80. The summed E-state index contributed by atoms with van der Waals surface area (Å²) in [6, 6.07) is 15.4. The molecule has 110 valence electrons. The maximum Gasteiger partial charge on any atom is 0.417 e. The number of amides is 1. The topological polar surface area (TPSA) is 68.5 Å². The summed E-state index contributed by atoms with van der Waals surface area (Å²) in [4.78, 5) is 23.6. The lowest BCUT2D eigenvalue weighted by Gasteiger charge is -2.06. The van der Waals surface area contributed by atoms with E-state index in [-0.39, 0.29) is 5.75 Å². The Morgan fingerprint density at radius 3 is 2.59 bits per heavy atom. The molecule has 0 aliphatic carbocycles. The van der Waals surface area contributed by atoms with Crippen LogP contribution in [0.5, 0.6) is 5.75 Å².